The van der Waals surface area contributed by atoms with Crippen LogP contribution < -0.4 is 0 Å². The number of hydrogen-bond acceptors (Lipinski definition) is 3. The van der Waals surface area contributed by atoms with Gasteiger partial charge in [-0.05, 0) is 6.08 Å². The number of ketones is 1. The Hall–Kier alpha value is -1.71. The van der Waals surface area contributed by atoms with E-state index < -0.39 is 5.79 Å². The third-order valence-electron chi connectivity index (χ3n) is 3.44. The van der Waals surface area contributed by atoms with Gasteiger partial charge in [0, 0.05) is 32.1 Å². The lowest BCUT2D eigenvalue weighted by Crippen LogP contribution is -2.35. The number of allylic oxidation sites excluding steroid dienone is 4. The van der Waals surface area contributed by atoms with Crippen molar-refractivity contribution in [3.8, 4) is 0 Å². The predicted molar refractivity (Wildman–Crippen MR) is 73.5 cm³/mol. The molecule has 1 aromatic rings. The monoisotopic (exact) mass is 258 g/mol. The Morgan fingerprint density at radius 3 is 2.37 bits per heavy atom. The lowest BCUT2D eigenvalue weighted by molar-refractivity contribution is -0.224. The average Bonchev–Trinajstić information content (AvgIpc) is 2.48. The molecule has 0 aliphatic heterocycles. The van der Waals surface area contributed by atoms with Crippen LogP contribution in [0.25, 0.3) is 0 Å². The van der Waals surface area contributed by atoms with Gasteiger partial charge in [0.2, 0.25) is 0 Å². The first kappa shape index (κ1) is 13.7. The van der Waals surface area contributed by atoms with Crippen LogP contribution in [0.15, 0.2) is 54.6 Å². The Labute approximate surface area is 113 Å². The van der Waals surface area contributed by atoms with Crippen molar-refractivity contribution >= 4 is 5.78 Å². The third-order valence-corrected chi connectivity index (χ3v) is 3.44. The zero-order chi connectivity index (χ0) is 13.7. The highest BCUT2D eigenvalue weighted by Gasteiger charge is 2.36. The van der Waals surface area contributed by atoms with Crippen LogP contribution in [0.5, 0.6) is 0 Å². The number of rotatable bonds is 5. The Kier molecular flexibility index (Phi) is 4.30. The summed E-state index contributed by atoms with van der Waals surface area (Å²) in [5.74, 6) is -1.03. The van der Waals surface area contributed by atoms with E-state index in [1.807, 2.05) is 42.5 Å². The van der Waals surface area contributed by atoms with E-state index in [2.05, 4.69) is 0 Å². The van der Waals surface area contributed by atoms with Crippen molar-refractivity contribution in [3.05, 3.63) is 60.2 Å². The molecule has 1 aliphatic rings. The van der Waals surface area contributed by atoms with Gasteiger partial charge in [0.1, 0.15) is 0 Å². The maximum absolute atomic E-state index is 11.9. The van der Waals surface area contributed by atoms with Crippen LogP contribution >= 0.6 is 0 Å². The van der Waals surface area contributed by atoms with E-state index in [9.17, 15) is 4.79 Å². The molecular formula is C16H18O3. The summed E-state index contributed by atoms with van der Waals surface area (Å²) in [5.41, 5.74) is 0.913. The molecule has 2 rings (SSSR count). The van der Waals surface area contributed by atoms with E-state index in [1.165, 1.54) is 0 Å². The van der Waals surface area contributed by atoms with Crippen LogP contribution in [0, 0.1) is 5.92 Å². The lowest BCUT2D eigenvalue weighted by Gasteiger charge is -2.33. The fraction of sp³-hybridized carbons (Fsp3) is 0.312. The van der Waals surface area contributed by atoms with Crippen molar-refractivity contribution in [2.24, 2.45) is 5.92 Å². The van der Waals surface area contributed by atoms with Crippen LogP contribution in [0.2, 0.25) is 0 Å². The van der Waals surface area contributed by atoms with Crippen molar-refractivity contribution in [2.45, 2.75) is 12.2 Å². The summed E-state index contributed by atoms with van der Waals surface area (Å²) in [6, 6.07) is 9.69. The molecule has 1 unspecified atom stereocenters. The van der Waals surface area contributed by atoms with E-state index in [1.54, 1.807) is 26.4 Å². The number of hydrogen-bond donors (Lipinski definition) is 0. The zero-order valence-electron chi connectivity index (χ0n) is 11.2. The minimum Gasteiger partial charge on any atom is -0.349 e. The highest BCUT2D eigenvalue weighted by Crippen LogP contribution is 2.34. The molecule has 0 amide bonds. The molecule has 0 radical (unpaired) electrons. The molecule has 0 N–H and O–H groups in total. The van der Waals surface area contributed by atoms with E-state index >= 15 is 0 Å². The van der Waals surface area contributed by atoms with Gasteiger partial charge >= 0.3 is 0 Å². The Morgan fingerprint density at radius 1 is 1.11 bits per heavy atom. The molecule has 19 heavy (non-hydrogen) atoms. The third kappa shape index (κ3) is 2.83. The first-order chi connectivity index (χ1) is 9.22. The van der Waals surface area contributed by atoms with Crippen molar-refractivity contribution in [1.82, 2.24) is 0 Å². The first-order valence-corrected chi connectivity index (χ1v) is 6.26. The largest absolute Gasteiger partial charge is 0.349 e. The quantitative estimate of drug-likeness (QED) is 0.762. The minimum absolute atomic E-state index is 0.0805. The molecule has 3 heteroatoms. The molecular weight excluding hydrogens is 240 g/mol. The molecule has 100 valence electrons. The number of carbonyl (C=O) groups excluding carboxylic acids is 1. The van der Waals surface area contributed by atoms with Crippen LogP contribution in [0.1, 0.15) is 12.0 Å². The van der Waals surface area contributed by atoms with Gasteiger partial charge < -0.3 is 9.47 Å². The molecule has 1 aliphatic carbocycles. The summed E-state index contributed by atoms with van der Waals surface area (Å²) in [6.45, 7) is 0. The van der Waals surface area contributed by atoms with Crippen LogP contribution in [-0.2, 0) is 20.1 Å². The van der Waals surface area contributed by atoms with Crippen LogP contribution in [0.4, 0.5) is 0 Å². The molecule has 1 aromatic carbocycles. The smallest absolute Gasteiger partial charge is 0.195 e. The summed E-state index contributed by atoms with van der Waals surface area (Å²) in [6.07, 6.45) is 7.57. The number of carbonyl (C=O) groups is 1. The van der Waals surface area contributed by atoms with E-state index in [0.717, 1.165) is 5.56 Å². The maximum Gasteiger partial charge on any atom is 0.195 e. The molecule has 0 fully saturated rings. The van der Waals surface area contributed by atoms with Gasteiger partial charge in [-0.1, -0.05) is 48.6 Å². The minimum atomic E-state index is -0.892. The fourth-order valence-corrected chi connectivity index (χ4v) is 2.32. The van der Waals surface area contributed by atoms with E-state index in [0.29, 0.717) is 6.42 Å². The molecule has 1 atom stereocenters. The lowest BCUT2D eigenvalue weighted by atomic mass is 9.88. The Morgan fingerprint density at radius 2 is 1.79 bits per heavy atom. The molecule has 0 heterocycles. The molecule has 3 nitrogen and oxygen atoms in total. The van der Waals surface area contributed by atoms with Crippen molar-refractivity contribution in [1.29, 1.82) is 0 Å². The second-order valence-electron chi connectivity index (χ2n) is 4.48. The molecule has 0 aromatic heterocycles. The van der Waals surface area contributed by atoms with Gasteiger partial charge in [-0.3, -0.25) is 4.79 Å². The second kappa shape index (κ2) is 5.95. The van der Waals surface area contributed by atoms with Gasteiger partial charge in [0.15, 0.2) is 11.6 Å². The van der Waals surface area contributed by atoms with Gasteiger partial charge in [0.05, 0.1) is 0 Å². The van der Waals surface area contributed by atoms with E-state index in [4.69, 9.17) is 9.47 Å². The van der Waals surface area contributed by atoms with Crippen molar-refractivity contribution in [2.75, 3.05) is 14.2 Å². The second-order valence-corrected chi connectivity index (χ2v) is 4.48. The van der Waals surface area contributed by atoms with Gasteiger partial charge in [0.25, 0.3) is 0 Å². The van der Waals surface area contributed by atoms with Gasteiger partial charge in [-0.15, -0.1) is 0 Å². The summed E-state index contributed by atoms with van der Waals surface area (Å²) in [5, 5.41) is 0. The highest BCUT2D eigenvalue weighted by molar-refractivity contribution is 5.94. The molecule has 0 saturated heterocycles. The standard InChI is InChI=1S/C16H18O3/c1-18-16(19-2,14-9-4-3-5-10-14)12-13-8-6-7-11-15(13)17/h3-11,13H,12H2,1-2H3. The summed E-state index contributed by atoms with van der Waals surface area (Å²) in [7, 11) is 3.20. The molecule has 0 spiro atoms. The number of ether oxygens (including phenoxy) is 2. The number of methoxy groups -OCH3 is 2. The summed E-state index contributed by atoms with van der Waals surface area (Å²) >= 11 is 0. The maximum atomic E-state index is 11.9. The van der Waals surface area contributed by atoms with Crippen LogP contribution in [-0.4, -0.2) is 20.0 Å². The predicted octanol–water partition coefficient (Wildman–Crippen LogP) is 2.83. The molecule has 0 bridgehead atoms. The Bertz CT molecular complexity index is 484. The van der Waals surface area contributed by atoms with Gasteiger partial charge in [-0.2, -0.15) is 0 Å². The normalized spacial score (nSPS) is 18.8. The topological polar surface area (TPSA) is 35.5 Å². The van der Waals surface area contributed by atoms with Crippen molar-refractivity contribution < 1.29 is 14.3 Å². The Balaban J connectivity index is 2.28. The van der Waals surface area contributed by atoms with Crippen LogP contribution in [0.3, 0.4) is 0 Å². The average molecular weight is 258 g/mol. The fourth-order valence-electron chi connectivity index (χ4n) is 2.32. The van der Waals surface area contributed by atoms with Crippen molar-refractivity contribution in [3.63, 3.8) is 0 Å². The highest BCUT2D eigenvalue weighted by atomic mass is 16.7. The van der Waals surface area contributed by atoms with E-state index in [-0.39, 0.29) is 11.7 Å². The van der Waals surface area contributed by atoms with Gasteiger partial charge in [-0.25, -0.2) is 0 Å². The molecule has 0 saturated carbocycles. The zero-order valence-corrected chi connectivity index (χ0v) is 11.2. The summed E-state index contributed by atoms with van der Waals surface area (Å²) in [4.78, 5) is 11.9. The summed E-state index contributed by atoms with van der Waals surface area (Å²) < 4.78 is 11.2. The SMILES string of the molecule is COC(CC1C=CC=CC1=O)(OC)c1ccccc1. The first-order valence-electron chi connectivity index (χ1n) is 6.26. The number of benzene rings is 1.